The second-order valence-electron chi connectivity index (χ2n) is 15.1. The van der Waals surface area contributed by atoms with E-state index in [2.05, 4.69) is 25.3 Å². The lowest BCUT2D eigenvalue weighted by atomic mass is 9.89. The van der Waals surface area contributed by atoms with Gasteiger partial charge in [-0.3, -0.25) is 14.1 Å². The van der Waals surface area contributed by atoms with E-state index >= 15 is 0 Å². The molecule has 0 saturated heterocycles. The molecule has 0 unspecified atom stereocenters. The van der Waals surface area contributed by atoms with Crippen molar-refractivity contribution in [1.29, 1.82) is 0 Å². The summed E-state index contributed by atoms with van der Waals surface area (Å²) >= 11 is 0. The topological polar surface area (TPSA) is 180 Å². The minimum absolute atomic E-state index is 0.0920. The predicted octanol–water partition coefficient (Wildman–Crippen LogP) is 8.25. The van der Waals surface area contributed by atoms with E-state index in [1.54, 1.807) is 6.08 Å². The Balaban J connectivity index is 2.31. The number of ether oxygens (including phenoxy) is 2. The van der Waals surface area contributed by atoms with Crippen molar-refractivity contribution in [3.63, 3.8) is 0 Å². The normalized spacial score (nSPS) is 20.6. The fraction of sp³-hybridized carbons (Fsp3) is 0.850. The zero-order chi connectivity index (χ0) is 38.6. The largest absolute Gasteiger partial charge is 0.469 e. The van der Waals surface area contributed by atoms with Crippen LogP contribution in [0, 0.1) is 17.8 Å². The summed E-state index contributed by atoms with van der Waals surface area (Å²) in [7, 11) is -4.81. The van der Waals surface area contributed by atoms with Gasteiger partial charge in [-0.2, -0.15) is 0 Å². The second-order valence-corrected chi connectivity index (χ2v) is 16.3. The van der Waals surface area contributed by atoms with Gasteiger partial charge in [-0.1, -0.05) is 135 Å². The molecular formula is C40H73O11P. The second kappa shape index (κ2) is 29.7. The number of carbonyl (C=O) groups is 2. The number of carbonyl (C=O) groups excluding carboxylic acids is 2. The molecule has 1 saturated carbocycles. The lowest BCUT2D eigenvalue weighted by Gasteiger charge is -2.19. The zero-order valence-corrected chi connectivity index (χ0v) is 33.3. The van der Waals surface area contributed by atoms with E-state index in [1.165, 1.54) is 51.4 Å². The van der Waals surface area contributed by atoms with Gasteiger partial charge in [0.2, 0.25) is 0 Å². The summed E-state index contributed by atoms with van der Waals surface area (Å²) in [4.78, 5) is 43.0. The molecule has 1 rings (SSSR count). The predicted molar refractivity (Wildman–Crippen MR) is 204 cm³/mol. The van der Waals surface area contributed by atoms with E-state index in [0.717, 1.165) is 44.4 Å². The molecule has 11 nitrogen and oxygen atoms in total. The molecule has 1 aliphatic rings. The molecule has 12 heteroatoms. The fourth-order valence-corrected chi connectivity index (χ4v) is 6.97. The van der Waals surface area contributed by atoms with Gasteiger partial charge < -0.3 is 34.6 Å². The van der Waals surface area contributed by atoms with Gasteiger partial charge >= 0.3 is 19.8 Å². The summed E-state index contributed by atoms with van der Waals surface area (Å²) in [6.07, 6.45) is 24.3. The van der Waals surface area contributed by atoms with Crippen molar-refractivity contribution in [3.8, 4) is 0 Å². The van der Waals surface area contributed by atoms with Gasteiger partial charge in [0.25, 0.3) is 0 Å². The Morgan fingerprint density at radius 3 is 1.98 bits per heavy atom. The van der Waals surface area contributed by atoms with Crippen molar-refractivity contribution in [2.45, 2.75) is 186 Å². The van der Waals surface area contributed by atoms with Gasteiger partial charge in [0.1, 0.15) is 6.61 Å². The molecule has 6 atom stereocenters. The van der Waals surface area contributed by atoms with Crippen LogP contribution in [0.3, 0.4) is 0 Å². The van der Waals surface area contributed by atoms with Crippen LogP contribution in [0.15, 0.2) is 24.3 Å². The number of esters is 2. The summed E-state index contributed by atoms with van der Waals surface area (Å²) in [5.41, 5.74) is 0. The molecule has 52 heavy (non-hydrogen) atoms. The van der Waals surface area contributed by atoms with Gasteiger partial charge in [0, 0.05) is 25.2 Å². The van der Waals surface area contributed by atoms with Gasteiger partial charge in [-0.25, -0.2) is 4.57 Å². The van der Waals surface area contributed by atoms with Gasteiger partial charge in [0.15, 0.2) is 6.10 Å². The maximum atomic E-state index is 12.4. The summed E-state index contributed by atoms with van der Waals surface area (Å²) in [6, 6.07) is 0. The van der Waals surface area contributed by atoms with Crippen LogP contribution in [-0.2, 0) is 28.2 Å². The number of phosphoric ester groups is 1. The maximum Gasteiger partial charge on any atom is 0.469 e. The molecule has 0 aromatic carbocycles. The first-order valence-electron chi connectivity index (χ1n) is 20.2. The Labute approximate surface area is 314 Å². The van der Waals surface area contributed by atoms with E-state index < -0.39 is 50.8 Å². The minimum Gasteiger partial charge on any atom is -0.462 e. The van der Waals surface area contributed by atoms with Crippen LogP contribution in [0.2, 0.25) is 0 Å². The molecule has 0 aliphatic heterocycles. The van der Waals surface area contributed by atoms with Crippen molar-refractivity contribution in [2.75, 3.05) is 13.2 Å². The molecule has 0 aromatic heterocycles. The number of aliphatic hydroxyl groups is 3. The van der Waals surface area contributed by atoms with E-state index in [1.807, 2.05) is 18.2 Å². The number of unbranched alkanes of at least 4 members (excludes halogenated alkanes) is 13. The monoisotopic (exact) mass is 760 g/mol. The lowest BCUT2D eigenvalue weighted by molar-refractivity contribution is -0.161. The Morgan fingerprint density at radius 2 is 1.37 bits per heavy atom. The fourth-order valence-electron chi connectivity index (χ4n) is 6.61. The number of aliphatic hydroxyl groups excluding tert-OH is 3. The van der Waals surface area contributed by atoms with Crippen LogP contribution in [0.5, 0.6) is 0 Å². The van der Waals surface area contributed by atoms with Gasteiger partial charge in [0.05, 0.1) is 24.9 Å². The smallest absolute Gasteiger partial charge is 0.462 e. The number of rotatable bonds is 32. The van der Waals surface area contributed by atoms with E-state index in [-0.39, 0.29) is 31.3 Å². The zero-order valence-electron chi connectivity index (χ0n) is 32.5. The van der Waals surface area contributed by atoms with E-state index in [4.69, 9.17) is 19.3 Å². The third kappa shape index (κ3) is 26.2. The molecular weight excluding hydrogens is 687 g/mol. The highest BCUT2D eigenvalue weighted by molar-refractivity contribution is 7.46. The number of phosphoric acid groups is 1. The van der Waals surface area contributed by atoms with Crippen molar-refractivity contribution >= 4 is 19.8 Å². The van der Waals surface area contributed by atoms with Crippen molar-refractivity contribution in [1.82, 2.24) is 0 Å². The van der Waals surface area contributed by atoms with Crippen LogP contribution in [0.1, 0.15) is 162 Å². The van der Waals surface area contributed by atoms with Crippen molar-refractivity contribution in [3.05, 3.63) is 24.3 Å². The quantitative estimate of drug-likeness (QED) is 0.0193. The Kier molecular flexibility index (Phi) is 27.7. The number of allylic oxidation sites excluding steroid dienone is 2. The summed E-state index contributed by atoms with van der Waals surface area (Å²) in [5.74, 6) is -0.684. The Hall–Kier alpha value is -1.59. The molecule has 0 bridgehead atoms. The SMILES string of the molecule is CCCCC[C@H](O)/C=C/[C@@H]1[C@@H](C/C=C/CCCC(=O)OC[C@H](COP(=O)(O)O)OC(=O)CCCCCCCCCCCCCC(C)C)[C@@H](O)C[C@H]1O. The molecule has 1 fully saturated rings. The first-order valence-corrected chi connectivity index (χ1v) is 21.8. The van der Waals surface area contributed by atoms with Gasteiger partial charge in [-0.05, 0) is 43.9 Å². The average Bonchev–Trinajstić information content (AvgIpc) is 3.35. The highest BCUT2D eigenvalue weighted by Gasteiger charge is 2.39. The molecule has 0 spiro atoms. The molecule has 0 heterocycles. The minimum atomic E-state index is -4.81. The van der Waals surface area contributed by atoms with Gasteiger partial charge in [-0.15, -0.1) is 0 Å². The third-order valence-electron chi connectivity index (χ3n) is 9.72. The molecule has 1 aliphatic carbocycles. The average molecular weight is 761 g/mol. The molecule has 304 valence electrons. The highest BCUT2D eigenvalue weighted by atomic mass is 31.2. The van der Waals surface area contributed by atoms with Crippen LogP contribution in [-0.4, -0.2) is 74.7 Å². The number of hydrogen-bond acceptors (Lipinski definition) is 9. The standard InChI is InChI=1S/C40H73O11P/c1-4-5-17-23-33(41)27-28-36-35(37(42)29-38(36)43)24-19-15-16-20-25-39(44)49-30-34(31-50-52(46,47)48)51-40(45)26-21-14-12-10-8-6-7-9-11-13-18-22-32(2)3/h15,19,27-28,32-38,41-43H,4-14,16-18,20-26,29-31H2,1-3H3,(H2,46,47,48)/b19-15+,28-27+/t33-,34+,35+,36+,37-,38+/m0/s1. The third-order valence-corrected chi connectivity index (χ3v) is 10.2. The van der Waals surface area contributed by atoms with E-state index in [0.29, 0.717) is 38.5 Å². The van der Waals surface area contributed by atoms with Crippen molar-refractivity contribution < 1.29 is 53.3 Å². The summed E-state index contributed by atoms with van der Waals surface area (Å²) in [6.45, 7) is 5.68. The lowest BCUT2D eigenvalue weighted by Crippen LogP contribution is -2.29. The van der Waals surface area contributed by atoms with Crippen LogP contribution >= 0.6 is 7.82 Å². The molecule has 0 amide bonds. The van der Waals surface area contributed by atoms with Crippen molar-refractivity contribution in [2.24, 2.45) is 17.8 Å². The van der Waals surface area contributed by atoms with Crippen LogP contribution in [0.4, 0.5) is 0 Å². The summed E-state index contributed by atoms with van der Waals surface area (Å²) < 4.78 is 26.3. The summed E-state index contributed by atoms with van der Waals surface area (Å²) in [5, 5.41) is 31.1. The maximum absolute atomic E-state index is 12.4. The van der Waals surface area contributed by atoms with Crippen LogP contribution in [0.25, 0.3) is 0 Å². The van der Waals surface area contributed by atoms with E-state index in [9.17, 15) is 29.5 Å². The highest BCUT2D eigenvalue weighted by Crippen LogP contribution is 2.37. The van der Waals surface area contributed by atoms with Crippen LogP contribution < -0.4 is 0 Å². The molecule has 0 radical (unpaired) electrons. The first-order chi connectivity index (χ1) is 24.8. The number of hydrogen-bond donors (Lipinski definition) is 5. The Bertz CT molecular complexity index is 1030. The first kappa shape index (κ1) is 48.4. The molecule has 5 N–H and O–H groups in total. The Morgan fingerprint density at radius 1 is 0.769 bits per heavy atom. The molecule has 0 aromatic rings.